The van der Waals surface area contributed by atoms with Gasteiger partial charge in [-0.05, 0) is 19.9 Å². The molecule has 0 nitrogen and oxygen atoms in total. The summed E-state index contributed by atoms with van der Waals surface area (Å²) in [5.74, 6) is 0. The van der Waals surface area contributed by atoms with Gasteiger partial charge in [0.05, 0.1) is 11.1 Å². The molecule has 0 aromatic rings. The molecular formula is C10H10F6. The first-order valence-corrected chi connectivity index (χ1v) is 4.28. The van der Waals surface area contributed by atoms with Crippen LogP contribution in [-0.2, 0) is 0 Å². The Labute approximate surface area is 88.9 Å². The van der Waals surface area contributed by atoms with E-state index in [0.29, 0.717) is 12.2 Å². The maximum absolute atomic E-state index is 12.3. The van der Waals surface area contributed by atoms with Crippen LogP contribution in [0.15, 0.2) is 35.5 Å². The number of halogens is 6. The average molecular weight is 244 g/mol. The Hall–Kier alpha value is -1.20. The molecule has 0 fully saturated rings. The van der Waals surface area contributed by atoms with Crippen LogP contribution in [0.3, 0.4) is 0 Å². The van der Waals surface area contributed by atoms with Crippen molar-refractivity contribution in [1.29, 1.82) is 0 Å². The Morgan fingerprint density at radius 1 is 0.812 bits per heavy atom. The quantitative estimate of drug-likeness (QED) is 0.493. The van der Waals surface area contributed by atoms with Gasteiger partial charge in [-0.3, -0.25) is 0 Å². The van der Waals surface area contributed by atoms with Gasteiger partial charge in [0, 0.05) is 0 Å². The summed E-state index contributed by atoms with van der Waals surface area (Å²) >= 11 is 0. The van der Waals surface area contributed by atoms with Crippen molar-refractivity contribution in [1.82, 2.24) is 0 Å². The van der Waals surface area contributed by atoms with Crippen LogP contribution in [-0.4, -0.2) is 12.4 Å². The molecule has 0 unspecified atom stereocenters. The van der Waals surface area contributed by atoms with Crippen molar-refractivity contribution < 1.29 is 26.3 Å². The number of allylic oxidation sites excluding steroid dienone is 6. The predicted molar refractivity (Wildman–Crippen MR) is 48.8 cm³/mol. The van der Waals surface area contributed by atoms with Crippen LogP contribution in [0.1, 0.15) is 13.8 Å². The minimum absolute atomic E-state index is 0.0833. The number of hydrogen-bond acceptors (Lipinski definition) is 0. The third-order valence-electron chi connectivity index (χ3n) is 1.62. The van der Waals surface area contributed by atoms with Gasteiger partial charge in [0.1, 0.15) is 0 Å². The molecule has 0 saturated carbocycles. The molecule has 0 heterocycles. The lowest BCUT2D eigenvalue weighted by Crippen LogP contribution is -2.15. The fraction of sp³-hybridized carbons (Fsp3) is 0.400. The second-order valence-corrected chi connectivity index (χ2v) is 2.84. The van der Waals surface area contributed by atoms with E-state index in [0.717, 1.165) is 13.0 Å². The molecule has 0 aromatic carbocycles. The summed E-state index contributed by atoms with van der Waals surface area (Å²) in [6.45, 7) is 2.32. The lowest BCUT2D eigenvalue weighted by Gasteiger charge is -2.11. The summed E-state index contributed by atoms with van der Waals surface area (Å²) in [5, 5.41) is 0. The van der Waals surface area contributed by atoms with E-state index in [1.54, 1.807) is 0 Å². The normalized spacial score (nSPS) is 16.0. The second kappa shape index (κ2) is 5.23. The van der Waals surface area contributed by atoms with Gasteiger partial charge in [-0.1, -0.05) is 18.2 Å². The van der Waals surface area contributed by atoms with E-state index in [4.69, 9.17) is 0 Å². The van der Waals surface area contributed by atoms with Gasteiger partial charge < -0.3 is 0 Å². The minimum Gasteiger partial charge on any atom is -0.166 e. The van der Waals surface area contributed by atoms with E-state index >= 15 is 0 Å². The van der Waals surface area contributed by atoms with Crippen molar-refractivity contribution in [3.8, 4) is 0 Å². The summed E-state index contributed by atoms with van der Waals surface area (Å²) in [4.78, 5) is 0. The average Bonchev–Trinajstić information content (AvgIpc) is 2.07. The lowest BCUT2D eigenvalue weighted by molar-refractivity contribution is -0.0934. The summed E-state index contributed by atoms with van der Waals surface area (Å²) in [6.07, 6.45) is -7.29. The smallest absolute Gasteiger partial charge is 0.166 e. The van der Waals surface area contributed by atoms with E-state index in [2.05, 4.69) is 0 Å². The van der Waals surface area contributed by atoms with Crippen molar-refractivity contribution in [2.75, 3.05) is 0 Å². The Bertz CT molecular complexity index is 313. The van der Waals surface area contributed by atoms with Crippen molar-refractivity contribution in [3.63, 3.8) is 0 Å². The van der Waals surface area contributed by atoms with Crippen molar-refractivity contribution in [3.05, 3.63) is 35.5 Å². The summed E-state index contributed by atoms with van der Waals surface area (Å²) in [7, 11) is 0. The van der Waals surface area contributed by atoms with E-state index in [1.807, 2.05) is 0 Å². The van der Waals surface area contributed by atoms with Gasteiger partial charge in [0.25, 0.3) is 0 Å². The molecule has 16 heavy (non-hydrogen) atoms. The van der Waals surface area contributed by atoms with Gasteiger partial charge >= 0.3 is 12.4 Å². The first kappa shape index (κ1) is 14.8. The molecule has 0 aromatic heterocycles. The molecule has 6 heteroatoms. The van der Waals surface area contributed by atoms with Crippen molar-refractivity contribution >= 4 is 0 Å². The van der Waals surface area contributed by atoms with Crippen LogP contribution in [0.5, 0.6) is 0 Å². The molecule has 0 aliphatic carbocycles. The highest BCUT2D eigenvalue weighted by atomic mass is 19.4. The molecule has 0 atom stereocenters. The van der Waals surface area contributed by atoms with Crippen LogP contribution in [0.2, 0.25) is 0 Å². The van der Waals surface area contributed by atoms with Crippen LogP contribution in [0, 0.1) is 0 Å². The number of rotatable bonds is 2. The first-order valence-electron chi connectivity index (χ1n) is 4.28. The molecular weight excluding hydrogens is 234 g/mol. The Morgan fingerprint density at radius 3 is 1.50 bits per heavy atom. The summed E-state index contributed by atoms with van der Waals surface area (Å²) in [6, 6.07) is 0. The molecule has 0 radical (unpaired) electrons. The standard InChI is InChI=1S/C10H10F6/c1-3-5-8(10(14,15)16)6-7(4-2)9(11,12)13/h3-6H,1-2H3/b5-3-,7-4-,8-6+. The molecule has 0 aliphatic heterocycles. The van der Waals surface area contributed by atoms with Gasteiger partial charge in [-0.15, -0.1) is 0 Å². The molecule has 0 bridgehead atoms. The summed E-state index contributed by atoms with van der Waals surface area (Å²) < 4.78 is 73.4. The van der Waals surface area contributed by atoms with Gasteiger partial charge in [-0.2, -0.15) is 26.3 Å². The van der Waals surface area contributed by atoms with Crippen LogP contribution in [0.4, 0.5) is 26.3 Å². The SMILES string of the molecule is C\C=C/C(=C\C(=C\C)C(F)(F)F)C(F)(F)F. The highest BCUT2D eigenvalue weighted by Crippen LogP contribution is 2.32. The fourth-order valence-electron chi connectivity index (χ4n) is 0.900. The van der Waals surface area contributed by atoms with E-state index < -0.39 is 23.5 Å². The maximum Gasteiger partial charge on any atom is 0.416 e. The Morgan fingerprint density at radius 2 is 1.25 bits per heavy atom. The highest BCUT2D eigenvalue weighted by Gasteiger charge is 2.36. The largest absolute Gasteiger partial charge is 0.416 e. The van der Waals surface area contributed by atoms with Crippen LogP contribution < -0.4 is 0 Å². The Balaban J connectivity index is 5.38. The van der Waals surface area contributed by atoms with Crippen LogP contribution in [0.25, 0.3) is 0 Å². The highest BCUT2D eigenvalue weighted by molar-refractivity contribution is 5.35. The zero-order valence-electron chi connectivity index (χ0n) is 8.58. The zero-order valence-corrected chi connectivity index (χ0v) is 8.58. The maximum atomic E-state index is 12.3. The number of alkyl halides is 6. The number of hydrogen-bond donors (Lipinski definition) is 0. The third kappa shape index (κ3) is 4.55. The van der Waals surface area contributed by atoms with Gasteiger partial charge in [0.2, 0.25) is 0 Å². The predicted octanol–water partition coefficient (Wildman–Crippen LogP) is 4.56. The minimum atomic E-state index is -4.80. The zero-order chi connectivity index (χ0) is 13.0. The van der Waals surface area contributed by atoms with Gasteiger partial charge in [-0.25, -0.2) is 0 Å². The van der Waals surface area contributed by atoms with Crippen molar-refractivity contribution in [2.24, 2.45) is 0 Å². The topological polar surface area (TPSA) is 0 Å². The van der Waals surface area contributed by atoms with Crippen LogP contribution >= 0.6 is 0 Å². The van der Waals surface area contributed by atoms with E-state index in [1.165, 1.54) is 6.92 Å². The van der Waals surface area contributed by atoms with Crippen molar-refractivity contribution in [2.45, 2.75) is 26.2 Å². The third-order valence-corrected chi connectivity index (χ3v) is 1.62. The monoisotopic (exact) mass is 244 g/mol. The van der Waals surface area contributed by atoms with E-state index in [-0.39, 0.29) is 6.08 Å². The molecule has 0 spiro atoms. The lowest BCUT2D eigenvalue weighted by atomic mass is 10.1. The van der Waals surface area contributed by atoms with Gasteiger partial charge in [0.15, 0.2) is 0 Å². The molecule has 0 amide bonds. The molecule has 0 N–H and O–H groups in total. The summed E-state index contributed by atoms with van der Waals surface area (Å²) in [5.41, 5.74) is -2.65. The molecule has 0 rings (SSSR count). The first-order chi connectivity index (χ1) is 7.12. The molecule has 0 aliphatic rings. The Kier molecular flexibility index (Phi) is 4.83. The molecule has 92 valence electrons. The second-order valence-electron chi connectivity index (χ2n) is 2.84. The fourth-order valence-corrected chi connectivity index (χ4v) is 0.900. The molecule has 0 saturated heterocycles. The van der Waals surface area contributed by atoms with E-state index in [9.17, 15) is 26.3 Å².